The van der Waals surface area contributed by atoms with Gasteiger partial charge in [-0.3, -0.25) is 4.90 Å². The fraction of sp³-hybridized carbons (Fsp3) is 0.333. The number of hydrogen-bond donors (Lipinski definition) is 1. The number of anilines is 1. The highest BCUT2D eigenvalue weighted by molar-refractivity contribution is 5.48. The molecule has 106 valence electrons. The van der Waals surface area contributed by atoms with Crippen LogP contribution in [-0.4, -0.2) is 19.0 Å². The van der Waals surface area contributed by atoms with Crippen molar-refractivity contribution >= 4 is 5.69 Å². The zero-order valence-electron chi connectivity index (χ0n) is 13.1. The lowest BCUT2D eigenvalue weighted by Gasteiger charge is -2.29. The number of nitrogens with two attached hydrogens (primary N) is 1. The Hall–Kier alpha value is -1.80. The van der Waals surface area contributed by atoms with Crippen molar-refractivity contribution < 1.29 is 0 Å². The standard InChI is InChI=1S/C18H24N2/c1-12-9-13(2)17(14(3)10-12)18(20(4)5)15-7-6-8-16(19)11-15/h6-11,18H,19H2,1-5H3. The fourth-order valence-electron chi connectivity index (χ4n) is 3.07. The van der Waals surface area contributed by atoms with Crippen LogP contribution in [0.15, 0.2) is 36.4 Å². The monoisotopic (exact) mass is 268 g/mol. The Morgan fingerprint density at radius 2 is 1.55 bits per heavy atom. The van der Waals surface area contributed by atoms with Gasteiger partial charge < -0.3 is 5.73 Å². The van der Waals surface area contributed by atoms with Crippen LogP contribution in [0.1, 0.15) is 33.9 Å². The van der Waals surface area contributed by atoms with Crippen LogP contribution in [0, 0.1) is 20.8 Å². The second-order valence-corrected chi connectivity index (χ2v) is 5.85. The first kappa shape index (κ1) is 14.6. The Labute approximate surface area is 122 Å². The Bertz CT molecular complexity index is 592. The van der Waals surface area contributed by atoms with Crippen molar-refractivity contribution in [1.29, 1.82) is 0 Å². The second-order valence-electron chi connectivity index (χ2n) is 5.85. The molecule has 2 aromatic rings. The van der Waals surface area contributed by atoms with E-state index in [0.717, 1.165) is 5.69 Å². The van der Waals surface area contributed by atoms with Gasteiger partial charge in [0.05, 0.1) is 6.04 Å². The van der Waals surface area contributed by atoms with Crippen LogP contribution < -0.4 is 5.73 Å². The number of rotatable bonds is 3. The van der Waals surface area contributed by atoms with E-state index in [1.165, 1.54) is 27.8 Å². The van der Waals surface area contributed by atoms with E-state index < -0.39 is 0 Å². The van der Waals surface area contributed by atoms with E-state index in [2.05, 4.69) is 64.0 Å². The minimum atomic E-state index is 0.235. The second kappa shape index (κ2) is 5.68. The number of nitrogen functional groups attached to an aromatic ring is 1. The van der Waals surface area contributed by atoms with Gasteiger partial charge in [0.1, 0.15) is 0 Å². The molecule has 0 bridgehead atoms. The summed E-state index contributed by atoms with van der Waals surface area (Å²) in [6.07, 6.45) is 0. The predicted molar refractivity (Wildman–Crippen MR) is 87.0 cm³/mol. The van der Waals surface area contributed by atoms with E-state index in [4.69, 9.17) is 5.73 Å². The number of hydrogen-bond acceptors (Lipinski definition) is 2. The molecule has 20 heavy (non-hydrogen) atoms. The van der Waals surface area contributed by atoms with Crippen LogP contribution in [0.4, 0.5) is 5.69 Å². The molecule has 2 N–H and O–H groups in total. The minimum absolute atomic E-state index is 0.235. The molecule has 0 aromatic heterocycles. The Balaban J connectivity index is 2.61. The Kier molecular flexibility index (Phi) is 4.15. The van der Waals surface area contributed by atoms with Gasteiger partial charge in [-0.05, 0) is 69.3 Å². The molecule has 0 aliphatic carbocycles. The van der Waals surface area contributed by atoms with Gasteiger partial charge in [-0.1, -0.05) is 29.8 Å². The molecular weight excluding hydrogens is 244 g/mol. The van der Waals surface area contributed by atoms with E-state index in [9.17, 15) is 0 Å². The van der Waals surface area contributed by atoms with Gasteiger partial charge in [-0.2, -0.15) is 0 Å². The van der Waals surface area contributed by atoms with E-state index in [1.807, 2.05) is 12.1 Å². The molecule has 0 fully saturated rings. The fourth-order valence-corrected chi connectivity index (χ4v) is 3.07. The first-order valence-electron chi connectivity index (χ1n) is 6.99. The van der Waals surface area contributed by atoms with Gasteiger partial charge in [0.25, 0.3) is 0 Å². The lowest BCUT2D eigenvalue weighted by atomic mass is 9.89. The van der Waals surface area contributed by atoms with Crippen LogP contribution >= 0.6 is 0 Å². The first-order chi connectivity index (χ1) is 9.40. The van der Waals surface area contributed by atoms with Crippen molar-refractivity contribution in [3.63, 3.8) is 0 Å². The number of aryl methyl sites for hydroxylation is 3. The molecule has 0 aliphatic rings. The maximum absolute atomic E-state index is 5.96. The average Bonchev–Trinajstić information content (AvgIpc) is 2.32. The van der Waals surface area contributed by atoms with Gasteiger partial charge in [0.2, 0.25) is 0 Å². The molecule has 1 unspecified atom stereocenters. The van der Waals surface area contributed by atoms with Crippen LogP contribution in [0.3, 0.4) is 0 Å². The topological polar surface area (TPSA) is 29.3 Å². The molecule has 2 aromatic carbocycles. The quantitative estimate of drug-likeness (QED) is 0.857. The molecule has 0 saturated heterocycles. The molecule has 1 atom stereocenters. The van der Waals surface area contributed by atoms with Crippen molar-refractivity contribution in [3.05, 3.63) is 64.2 Å². The van der Waals surface area contributed by atoms with Crippen molar-refractivity contribution in [2.24, 2.45) is 0 Å². The summed E-state index contributed by atoms with van der Waals surface area (Å²) >= 11 is 0. The molecule has 0 aliphatic heterocycles. The minimum Gasteiger partial charge on any atom is -0.399 e. The van der Waals surface area contributed by atoms with E-state index in [-0.39, 0.29) is 6.04 Å². The van der Waals surface area contributed by atoms with Crippen LogP contribution in [0.25, 0.3) is 0 Å². The third-order valence-electron chi connectivity index (χ3n) is 3.75. The summed E-state index contributed by atoms with van der Waals surface area (Å²) in [5.74, 6) is 0. The smallest absolute Gasteiger partial charge is 0.0602 e. The van der Waals surface area contributed by atoms with Gasteiger partial charge in [0.15, 0.2) is 0 Å². The summed E-state index contributed by atoms with van der Waals surface area (Å²) < 4.78 is 0. The predicted octanol–water partition coefficient (Wildman–Crippen LogP) is 3.85. The van der Waals surface area contributed by atoms with Gasteiger partial charge in [-0.15, -0.1) is 0 Å². The lowest BCUT2D eigenvalue weighted by molar-refractivity contribution is 0.340. The zero-order valence-corrected chi connectivity index (χ0v) is 13.1. The molecule has 2 rings (SSSR count). The van der Waals surface area contributed by atoms with E-state index in [0.29, 0.717) is 0 Å². The highest BCUT2D eigenvalue weighted by Gasteiger charge is 2.20. The molecule has 0 spiro atoms. The summed E-state index contributed by atoms with van der Waals surface area (Å²) in [5.41, 5.74) is 13.4. The highest BCUT2D eigenvalue weighted by atomic mass is 15.1. The molecule has 2 heteroatoms. The molecule has 0 heterocycles. The van der Waals surface area contributed by atoms with Crippen LogP contribution in [-0.2, 0) is 0 Å². The van der Waals surface area contributed by atoms with Crippen molar-refractivity contribution in [1.82, 2.24) is 4.90 Å². The van der Waals surface area contributed by atoms with Crippen molar-refractivity contribution in [2.75, 3.05) is 19.8 Å². The molecule has 0 saturated carbocycles. The first-order valence-corrected chi connectivity index (χ1v) is 6.99. The number of nitrogens with zero attached hydrogens (tertiary/aromatic N) is 1. The third kappa shape index (κ3) is 2.86. The molecule has 0 amide bonds. The Morgan fingerprint density at radius 3 is 2.05 bits per heavy atom. The van der Waals surface area contributed by atoms with Crippen molar-refractivity contribution in [3.8, 4) is 0 Å². The van der Waals surface area contributed by atoms with Gasteiger partial charge >= 0.3 is 0 Å². The molecule has 0 radical (unpaired) electrons. The average molecular weight is 268 g/mol. The molecule has 2 nitrogen and oxygen atoms in total. The number of benzene rings is 2. The summed E-state index contributed by atoms with van der Waals surface area (Å²) in [7, 11) is 4.24. The summed E-state index contributed by atoms with van der Waals surface area (Å²) in [6, 6.07) is 12.9. The van der Waals surface area contributed by atoms with Crippen LogP contribution in [0.2, 0.25) is 0 Å². The molecular formula is C18H24N2. The third-order valence-corrected chi connectivity index (χ3v) is 3.75. The lowest BCUT2D eigenvalue weighted by Crippen LogP contribution is -2.23. The maximum atomic E-state index is 5.96. The zero-order chi connectivity index (χ0) is 14.9. The summed E-state index contributed by atoms with van der Waals surface area (Å²) in [6.45, 7) is 6.53. The SMILES string of the molecule is Cc1cc(C)c(C(c2cccc(N)c2)N(C)C)c(C)c1. The summed E-state index contributed by atoms with van der Waals surface area (Å²) in [4.78, 5) is 2.25. The van der Waals surface area contributed by atoms with Gasteiger partial charge in [-0.25, -0.2) is 0 Å². The largest absolute Gasteiger partial charge is 0.399 e. The normalized spacial score (nSPS) is 12.7. The van der Waals surface area contributed by atoms with Gasteiger partial charge in [0, 0.05) is 5.69 Å². The van der Waals surface area contributed by atoms with Crippen molar-refractivity contribution in [2.45, 2.75) is 26.8 Å². The van der Waals surface area contributed by atoms with Crippen LogP contribution in [0.5, 0.6) is 0 Å². The summed E-state index contributed by atoms with van der Waals surface area (Å²) in [5, 5.41) is 0. The Morgan fingerprint density at radius 1 is 0.950 bits per heavy atom. The highest BCUT2D eigenvalue weighted by Crippen LogP contribution is 2.32. The maximum Gasteiger partial charge on any atom is 0.0602 e. The van der Waals surface area contributed by atoms with E-state index >= 15 is 0 Å². The van der Waals surface area contributed by atoms with E-state index in [1.54, 1.807) is 0 Å².